The highest BCUT2D eigenvalue weighted by atomic mass is 32.2. The van der Waals surface area contributed by atoms with Gasteiger partial charge in [-0.15, -0.1) is 0 Å². The van der Waals surface area contributed by atoms with Gasteiger partial charge in [0.1, 0.15) is 0 Å². The van der Waals surface area contributed by atoms with Crippen molar-refractivity contribution in [2.45, 2.75) is 26.2 Å². The van der Waals surface area contributed by atoms with E-state index in [2.05, 4.69) is 16.3 Å². The number of sulfonamides is 1. The van der Waals surface area contributed by atoms with E-state index in [0.717, 1.165) is 29.5 Å². The zero-order valence-corrected chi connectivity index (χ0v) is 18.4. The Morgan fingerprint density at radius 3 is 2.26 bits per heavy atom. The molecule has 0 atom stereocenters. The van der Waals surface area contributed by atoms with E-state index in [4.69, 9.17) is 0 Å². The number of hydrogen-bond acceptors (Lipinski definition) is 4. The molecule has 0 aliphatic carbocycles. The zero-order chi connectivity index (χ0) is 22.3. The van der Waals surface area contributed by atoms with Gasteiger partial charge in [0.2, 0.25) is 10.0 Å². The molecule has 0 radical (unpaired) electrons. The third kappa shape index (κ3) is 5.67. The first kappa shape index (κ1) is 22.4. The van der Waals surface area contributed by atoms with E-state index < -0.39 is 15.9 Å². The van der Waals surface area contributed by atoms with E-state index in [1.54, 1.807) is 0 Å². The number of hydrogen-bond donors (Lipinski definition) is 1. The summed E-state index contributed by atoms with van der Waals surface area (Å²) in [7, 11) is -3.69. The molecule has 5 nitrogen and oxygen atoms in total. The zero-order valence-electron chi connectivity index (χ0n) is 17.5. The van der Waals surface area contributed by atoms with Gasteiger partial charge in [-0.1, -0.05) is 87.0 Å². The Labute approximate surface area is 183 Å². The van der Waals surface area contributed by atoms with Crippen LogP contribution in [0.5, 0.6) is 0 Å². The number of nitrogens with zero attached hydrogens (tertiary/aromatic N) is 1. The number of benzene rings is 2. The Bertz CT molecular complexity index is 1160. The van der Waals surface area contributed by atoms with Gasteiger partial charge in [0.05, 0.1) is 17.0 Å². The number of carbonyl (C=O) groups is 1. The second-order valence-electron chi connectivity index (χ2n) is 7.23. The van der Waals surface area contributed by atoms with Gasteiger partial charge in [-0.25, -0.2) is 13.1 Å². The summed E-state index contributed by atoms with van der Waals surface area (Å²) < 4.78 is 26.7. The molecule has 160 valence electrons. The van der Waals surface area contributed by atoms with Crippen LogP contribution in [0.25, 0.3) is 28.5 Å². The average Bonchev–Trinajstić information content (AvgIpc) is 2.79. The van der Waals surface area contributed by atoms with Gasteiger partial charge >= 0.3 is 0 Å². The minimum atomic E-state index is -3.69. The molecule has 2 aromatic carbocycles. The lowest BCUT2D eigenvalue weighted by Gasteiger charge is -2.12. The van der Waals surface area contributed by atoms with Crippen molar-refractivity contribution in [1.82, 2.24) is 9.71 Å². The first-order valence-corrected chi connectivity index (χ1v) is 11.9. The van der Waals surface area contributed by atoms with Crippen LogP contribution in [-0.2, 0) is 10.0 Å². The highest BCUT2D eigenvalue weighted by molar-refractivity contribution is 7.90. The molecule has 0 saturated carbocycles. The summed E-state index contributed by atoms with van der Waals surface area (Å²) in [5.41, 5.74) is 4.28. The molecule has 0 aliphatic heterocycles. The van der Waals surface area contributed by atoms with Crippen LogP contribution in [0.3, 0.4) is 0 Å². The molecule has 0 fully saturated rings. The molecular formula is C25H26N2O3S. The van der Waals surface area contributed by atoms with Crippen molar-refractivity contribution in [2.75, 3.05) is 5.75 Å². The van der Waals surface area contributed by atoms with Gasteiger partial charge < -0.3 is 0 Å². The molecule has 3 rings (SSSR count). The minimum Gasteiger partial charge on any atom is -0.268 e. The van der Waals surface area contributed by atoms with Gasteiger partial charge in [0.25, 0.3) is 5.91 Å². The van der Waals surface area contributed by atoms with Crippen LogP contribution in [0.4, 0.5) is 0 Å². The molecule has 6 heteroatoms. The molecular weight excluding hydrogens is 408 g/mol. The van der Waals surface area contributed by atoms with E-state index in [-0.39, 0.29) is 11.3 Å². The van der Waals surface area contributed by atoms with E-state index in [9.17, 15) is 13.2 Å². The fraction of sp³-hybridized carbons (Fsp3) is 0.200. The number of unbranched alkanes of at least 4 members (excludes halogenated alkanes) is 2. The Morgan fingerprint density at radius 1 is 0.968 bits per heavy atom. The first-order chi connectivity index (χ1) is 14.9. The van der Waals surface area contributed by atoms with Crippen LogP contribution < -0.4 is 4.72 Å². The number of amides is 1. The van der Waals surface area contributed by atoms with Crippen LogP contribution >= 0.6 is 0 Å². The number of rotatable bonds is 9. The largest absolute Gasteiger partial charge is 0.268 e. The lowest BCUT2D eigenvalue weighted by molar-refractivity contribution is 0.0981. The molecule has 1 amide bonds. The molecule has 1 heterocycles. The smallest absolute Gasteiger partial charge is 0.265 e. The molecule has 0 bridgehead atoms. The monoisotopic (exact) mass is 434 g/mol. The Morgan fingerprint density at radius 2 is 1.61 bits per heavy atom. The number of carbonyl (C=O) groups excluding carboxylic acids is 1. The Hall–Kier alpha value is -3.25. The summed E-state index contributed by atoms with van der Waals surface area (Å²) in [6.07, 6.45) is 5.26. The standard InChI is InChI=1S/C25H26N2O3S/c1-3-5-9-18-31(29,30)27-25(28)23-16-17-26-24(22(23)4-2)21-14-12-20(13-15-21)19-10-7-6-8-11-19/h4,6-8,10-17H,2-3,5,9,18H2,1H3,(H,27,28). The normalized spacial score (nSPS) is 11.1. The van der Waals surface area contributed by atoms with Crippen molar-refractivity contribution in [2.24, 2.45) is 0 Å². The third-order valence-electron chi connectivity index (χ3n) is 4.97. The van der Waals surface area contributed by atoms with Crippen molar-refractivity contribution in [1.29, 1.82) is 0 Å². The van der Waals surface area contributed by atoms with Gasteiger partial charge in [-0.05, 0) is 23.6 Å². The number of aromatic nitrogens is 1. The van der Waals surface area contributed by atoms with Crippen molar-refractivity contribution in [3.8, 4) is 22.4 Å². The molecule has 0 saturated heterocycles. The SMILES string of the molecule is C=Cc1c(C(=O)NS(=O)(=O)CCCCC)ccnc1-c1ccc(-c2ccccc2)cc1. The maximum atomic E-state index is 12.7. The van der Waals surface area contributed by atoms with Crippen LogP contribution in [0.2, 0.25) is 0 Å². The van der Waals surface area contributed by atoms with Gasteiger partial charge in [0, 0.05) is 17.3 Å². The van der Waals surface area contributed by atoms with E-state index in [1.807, 2.05) is 61.5 Å². The Kier molecular flexibility index (Phi) is 7.36. The molecule has 0 unspecified atom stereocenters. The topological polar surface area (TPSA) is 76.1 Å². The van der Waals surface area contributed by atoms with Gasteiger partial charge in [-0.3, -0.25) is 9.78 Å². The fourth-order valence-corrected chi connectivity index (χ4v) is 4.43. The summed E-state index contributed by atoms with van der Waals surface area (Å²) in [6, 6.07) is 19.4. The number of nitrogens with one attached hydrogen (secondary N) is 1. The lowest BCUT2D eigenvalue weighted by atomic mass is 9.98. The number of pyridine rings is 1. The predicted octanol–water partition coefficient (Wildman–Crippen LogP) is 5.31. The molecule has 0 aliphatic rings. The third-order valence-corrected chi connectivity index (χ3v) is 6.29. The maximum Gasteiger partial charge on any atom is 0.265 e. The molecule has 1 N–H and O–H groups in total. The predicted molar refractivity (Wildman–Crippen MR) is 126 cm³/mol. The van der Waals surface area contributed by atoms with Crippen molar-refractivity contribution in [3.63, 3.8) is 0 Å². The maximum absolute atomic E-state index is 12.7. The first-order valence-electron chi connectivity index (χ1n) is 10.3. The van der Waals surface area contributed by atoms with Crippen LogP contribution in [0, 0.1) is 0 Å². The summed E-state index contributed by atoms with van der Waals surface area (Å²) >= 11 is 0. The summed E-state index contributed by atoms with van der Waals surface area (Å²) in [5.74, 6) is -0.745. The highest BCUT2D eigenvalue weighted by Gasteiger charge is 2.20. The van der Waals surface area contributed by atoms with Gasteiger partial charge in [0.15, 0.2) is 0 Å². The van der Waals surface area contributed by atoms with Crippen LogP contribution in [-0.4, -0.2) is 25.1 Å². The summed E-state index contributed by atoms with van der Waals surface area (Å²) in [6.45, 7) is 5.81. The highest BCUT2D eigenvalue weighted by Crippen LogP contribution is 2.28. The van der Waals surface area contributed by atoms with E-state index in [0.29, 0.717) is 17.7 Å². The summed E-state index contributed by atoms with van der Waals surface area (Å²) in [4.78, 5) is 17.2. The van der Waals surface area contributed by atoms with Crippen molar-refractivity contribution < 1.29 is 13.2 Å². The molecule has 0 spiro atoms. The van der Waals surface area contributed by atoms with Crippen molar-refractivity contribution >= 4 is 22.0 Å². The summed E-state index contributed by atoms with van der Waals surface area (Å²) in [5, 5.41) is 0. The Balaban J connectivity index is 1.88. The molecule has 31 heavy (non-hydrogen) atoms. The second-order valence-corrected chi connectivity index (χ2v) is 9.07. The lowest BCUT2D eigenvalue weighted by Crippen LogP contribution is -2.33. The van der Waals surface area contributed by atoms with E-state index >= 15 is 0 Å². The quantitative estimate of drug-likeness (QED) is 0.463. The average molecular weight is 435 g/mol. The fourth-order valence-electron chi connectivity index (χ4n) is 3.35. The molecule has 1 aromatic heterocycles. The second kappa shape index (κ2) is 10.2. The van der Waals surface area contributed by atoms with Crippen molar-refractivity contribution in [3.05, 3.63) is 84.6 Å². The minimum absolute atomic E-state index is 0.0745. The van der Waals surface area contributed by atoms with Gasteiger partial charge in [-0.2, -0.15) is 0 Å². The van der Waals surface area contributed by atoms with E-state index in [1.165, 1.54) is 18.3 Å². The molecule has 3 aromatic rings. The van der Waals surface area contributed by atoms with Crippen LogP contribution in [0.1, 0.15) is 42.1 Å². The van der Waals surface area contributed by atoms with Crippen LogP contribution in [0.15, 0.2) is 73.4 Å².